The van der Waals surface area contributed by atoms with Crippen LogP contribution in [0.3, 0.4) is 0 Å². The molecule has 11 atom stereocenters. The second kappa shape index (κ2) is 5.86. The van der Waals surface area contributed by atoms with Crippen molar-refractivity contribution in [1.29, 1.82) is 0 Å². The molecule has 5 aliphatic carbocycles. The number of carboxylic acid groups (broad SMARTS) is 1. The zero-order valence-electron chi connectivity index (χ0n) is 19.1. The van der Waals surface area contributed by atoms with Gasteiger partial charge in [-0.1, -0.05) is 20.8 Å². The van der Waals surface area contributed by atoms with Crippen LogP contribution in [0.25, 0.3) is 0 Å². The van der Waals surface area contributed by atoms with Crippen LogP contribution in [0.15, 0.2) is 0 Å². The van der Waals surface area contributed by atoms with Crippen molar-refractivity contribution in [3.05, 3.63) is 0 Å². The molecule has 0 aromatic rings. The molecule has 0 aromatic heterocycles. The van der Waals surface area contributed by atoms with Crippen LogP contribution in [0.5, 0.6) is 0 Å². The minimum atomic E-state index is -0.933. The van der Waals surface area contributed by atoms with E-state index in [0.717, 1.165) is 44.9 Å². The third-order valence-electron chi connectivity index (χ3n) is 12.2. The minimum absolute atomic E-state index is 0.0741. The molecule has 0 bridgehead atoms. The molecule has 5 N–H and O–H groups in total. The maximum atomic E-state index is 11.7. The van der Waals surface area contributed by atoms with E-state index >= 15 is 0 Å². The van der Waals surface area contributed by atoms with Crippen LogP contribution < -0.4 is 5.73 Å². The molecule has 5 saturated carbocycles. The summed E-state index contributed by atoms with van der Waals surface area (Å²) in [6.07, 6.45) is 6.21. The zero-order valence-corrected chi connectivity index (χ0v) is 19.1. The number of hydrogen-bond acceptors (Lipinski definition) is 5. The number of aliphatic carboxylic acids is 1. The summed E-state index contributed by atoms with van der Waals surface area (Å²) < 4.78 is 6.02. The molecular weight excluding hydrogens is 394 g/mol. The van der Waals surface area contributed by atoms with Crippen molar-refractivity contribution in [3.63, 3.8) is 0 Å². The molecule has 1 saturated heterocycles. The van der Waals surface area contributed by atoms with Crippen molar-refractivity contribution in [3.8, 4) is 0 Å². The fourth-order valence-corrected chi connectivity index (χ4v) is 10.6. The second-order valence-electron chi connectivity index (χ2n) is 13.0. The first-order valence-corrected chi connectivity index (χ1v) is 12.5. The summed E-state index contributed by atoms with van der Waals surface area (Å²) in [7, 11) is 0. The van der Waals surface area contributed by atoms with Gasteiger partial charge in [-0.25, -0.2) is 4.79 Å². The first kappa shape index (κ1) is 20.9. The summed E-state index contributed by atoms with van der Waals surface area (Å²) in [5.74, 6) is -0.0506. The molecule has 0 aromatic carbocycles. The molecule has 1 aliphatic heterocycles. The van der Waals surface area contributed by atoms with E-state index < -0.39 is 29.8 Å². The Bertz CT molecular complexity index is 831. The molecule has 11 unspecified atom stereocenters. The molecule has 6 nitrogen and oxygen atoms in total. The predicted octanol–water partition coefficient (Wildman–Crippen LogP) is 2.69. The van der Waals surface area contributed by atoms with Gasteiger partial charge in [0.2, 0.25) is 0 Å². The number of carbonyl (C=O) groups is 1. The second-order valence-corrected chi connectivity index (χ2v) is 13.0. The van der Waals surface area contributed by atoms with Crippen LogP contribution in [0.2, 0.25) is 0 Å². The van der Waals surface area contributed by atoms with Crippen LogP contribution in [0.1, 0.15) is 78.6 Å². The van der Waals surface area contributed by atoms with Crippen LogP contribution in [0, 0.1) is 39.4 Å². The van der Waals surface area contributed by atoms with E-state index in [4.69, 9.17) is 10.5 Å². The lowest BCUT2D eigenvalue weighted by molar-refractivity contribution is -0.171. The smallest absolute Gasteiger partial charge is 0.332 e. The van der Waals surface area contributed by atoms with Gasteiger partial charge >= 0.3 is 5.97 Å². The van der Waals surface area contributed by atoms with Gasteiger partial charge in [-0.15, -0.1) is 0 Å². The number of carboxylic acids is 1. The fourth-order valence-electron chi connectivity index (χ4n) is 10.6. The van der Waals surface area contributed by atoms with Crippen LogP contribution >= 0.6 is 0 Å². The molecule has 2 spiro atoms. The number of nitrogens with two attached hydrogens (primary N) is 1. The molecule has 6 rings (SSSR count). The fraction of sp³-hybridized carbons (Fsp3) is 0.960. The van der Waals surface area contributed by atoms with Gasteiger partial charge in [0.05, 0.1) is 23.9 Å². The van der Waals surface area contributed by atoms with Gasteiger partial charge in [0, 0.05) is 0 Å². The van der Waals surface area contributed by atoms with Crippen molar-refractivity contribution in [2.24, 2.45) is 45.1 Å². The van der Waals surface area contributed by atoms with E-state index in [1.54, 1.807) is 0 Å². The van der Waals surface area contributed by atoms with Gasteiger partial charge in [0.25, 0.3) is 0 Å². The number of aliphatic hydroxyl groups excluding tert-OH is 2. The van der Waals surface area contributed by atoms with Crippen molar-refractivity contribution < 1.29 is 24.9 Å². The van der Waals surface area contributed by atoms with Crippen LogP contribution in [-0.2, 0) is 9.53 Å². The summed E-state index contributed by atoms with van der Waals surface area (Å²) in [5, 5.41) is 31.9. The lowest BCUT2D eigenvalue weighted by atomic mass is 9.44. The average molecular weight is 434 g/mol. The van der Waals surface area contributed by atoms with Gasteiger partial charge in [0.1, 0.15) is 0 Å². The Morgan fingerprint density at radius 2 is 1.61 bits per heavy atom. The minimum Gasteiger partial charge on any atom is -0.479 e. The third-order valence-corrected chi connectivity index (χ3v) is 12.2. The van der Waals surface area contributed by atoms with E-state index in [1.807, 2.05) is 0 Å². The molecule has 6 fully saturated rings. The summed E-state index contributed by atoms with van der Waals surface area (Å²) in [5.41, 5.74) is 6.77. The number of fused-ring (bicyclic) bond motifs is 4. The number of aliphatic hydroxyl groups is 2. The van der Waals surface area contributed by atoms with Gasteiger partial charge in [-0.3, -0.25) is 0 Å². The SMILES string of the molecule is CC1(C)C(O)CCC23CC24CCC2(C)C5CCC(C(=O)O)OC5C(O)C2(N)C4CCC13. The third kappa shape index (κ3) is 2.09. The molecule has 6 heteroatoms. The molecule has 31 heavy (non-hydrogen) atoms. The lowest BCUT2D eigenvalue weighted by Crippen LogP contribution is -2.69. The molecule has 1 heterocycles. The topological polar surface area (TPSA) is 113 Å². The number of rotatable bonds is 1. The Morgan fingerprint density at radius 3 is 2.32 bits per heavy atom. The highest BCUT2D eigenvalue weighted by Crippen LogP contribution is 2.87. The van der Waals surface area contributed by atoms with E-state index in [2.05, 4.69) is 20.8 Å². The Balaban J connectivity index is 1.39. The number of hydrogen-bond donors (Lipinski definition) is 4. The molecule has 0 amide bonds. The summed E-state index contributed by atoms with van der Waals surface area (Å²) in [6, 6.07) is 0. The summed E-state index contributed by atoms with van der Waals surface area (Å²) in [6.45, 7) is 6.76. The first-order valence-electron chi connectivity index (χ1n) is 12.5. The van der Waals surface area contributed by atoms with Gasteiger partial charge in [0.15, 0.2) is 6.10 Å². The predicted molar refractivity (Wildman–Crippen MR) is 114 cm³/mol. The van der Waals surface area contributed by atoms with E-state index in [0.29, 0.717) is 12.3 Å². The molecular formula is C25H39NO5. The van der Waals surface area contributed by atoms with E-state index in [-0.39, 0.29) is 39.6 Å². The van der Waals surface area contributed by atoms with Crippen LogP contribution in [0.4, 0.5) is 0 Å². The van der Waals surface area contributed by atoms with Crippen LogP contribution in [-0.4, -0.2) is 51.2 Å². The van der Waals surface area contributed by atoms with E-state index in [1.165, 1.54) is 6.42 Å². The highest BCUT2D eigenvalue weighted by atomic mass is 16.5. The van der Waals surface area contributed by atoms with Gasteiger partial charge in [-0.05, 0) is 97.2 Å². The molecule has 6 aliphatic rings. The number of ether oxygens (including phenoxy) is 1. The van der Waals surface area contributed by atoms with Gasteiger partial charge in [-0.2, -0.15) is 0 Å². The molecule has 174 valence electrons. The van der Waals surface area contributed by atoms with Crippen molar-refractivity contribution in [2.45, 2.75) is 109 Å². The largest absolute Gasteiger partial charge is 0.479 e. The van der Waals surface area contributed by atoms with E-state index in [9.17, 15) is 20.1 Å². The molecule has 0 radical (unpaired) electrons. The highest BCUT2D eigenvalue weighted by Gasteiger charge is 2.84. The van der Waals surface area contributed by atoms with Crippen molar-refractivity contribution >= 4 is 5.97 Å². The Morgan fingerprint density at radius 1 is 0.935 bits per heavy atom. The maximum Gasteiger partial charge on any atom is 0.332 e. The first-order chi connectivity index (χ1) is 14.5. The van der Waals surface area contributed by atoms with Crippen molar-refractivity contribution in [1.82, 2.24) is 0 Å². The lowest BCUT2D eigenvalue weighted by Gasteiger charge is -2.63. The normalized spacial score (nSPS) is 61.3. The Kier molecular flexibility index (Phi) is 3.95. The monoisotopic (exact) mass is 433 g/mol. The summed E-state index contributed by atoms with van der Waals surface area (Å²) >= 11 is 0. The zero-order chi connectivity index (χ0) is 22.2. The highest BCUT2D eigenvalue weighted by molar-refractivity contribution is 5.72. The average Bonchev–Trinajstić information content (AvgIpc) is 3.36. The maximum absolute atomic E-state index is 11.7. The Hall–Kier alpha value is -0.690. The van der Waals surface area contributed by atoms with Crippen molar-refractivity contribution in [2.75, 3.05) is 0 Å². The Labute approximate surface area is 184 Å². The van der Waals surface area contributed by atoms with Gasteiger partial charge < -0.3 is 25.8 Å². The summed E-state index contributed by atoms with van der Waals surface area (Å²) in [4.78, 5) is 11.6. The quantitative estimate of drug-likeness (QED) is 0.506. The standard InChI is InChI=1S/C25H39NO5/c1-21(2)15-6-7-16-24(12-23(15,24)9-8-17(21)27)11-10-22(3)13-4-5-14(20(29)30)31-18(13)19(28)25(16,22)26/h13-19,27-28H,4-12,26H2,1-3H3,(H,29,30).